The van der Waals surface area contributed by atoms with Crippen LogP contribution in [-0.4, -0.2) is 25.8 Å². The third-order valence-electron chi connectivity index (χ3n) is 2.58. The molecule has 0 aliphatic heterocycles. The minimum Gasteiger partial charge on any atom is -0.478 e. The van der Waals surface area contributed by atoms with Gasteiger partial charge in [0.1, 0.15) is 0 Å². The molecule has 1 N–H and O–H groups in total. The van der Waals surface area contributed by atoms with Gasteiger partial charge in [0.2, 0.25) is 0 Å². The van der Waals surface area contributed by atoms with Gasteiger partial charge in [-0.2, -0.15) is 5.10 Å². The van der Waals surface area contributed by atoms with E-state index in [1.165, 1.54) is 23.9 Å². The molecule has 8 heteroatoms. The van der Waals surface area contributed by atoms with Crippen LogP contribution < -0.4 is 0 Å². The van der Waals surface area contributed by atoms with Gasteiger partial charge in [0.25, 0.3) is 5.69 Å². The summed E-state index contributed by atoms with van der Waals surface area (Å²) < 4.78 is 1.63. The van der Waals surface area contributed by atoms with E-state index in [4.69, 9.17) is 5.11 Å². The van der Waals surface area contributed by atoms with Crippen LogP contribution in [0.4, 0.5) is 5.69 Å². The number of aryl methyl sites for hydroxylation is 2. The second kappa shape index (κ2) is 5.33. The molecule has 0 amide bonds. The van der Waals surface area contributed by atoms with Crippen molar-refractivity contribution in [2.45, 2.75) is 16.8 Å². The van der Waals surface area contributed by atoms with Crippen LogP contribution in [0.25, 0.3) is 0 Å². The minimum absolute atomic E-state index is 0.0944. The molecule has 0 radical (unpaired) electrons. The monoisotopic (exact) mass is 293 g/mol. The van der Waals surface area contributed by atoms with E-state index in [2.05, 4.69) is 5.10 Å². The SMILES string of the molecule is Cc1cc(Sc2ccc([N+](=O)[O-])cc2C(=O)O)n(C)n1. The smallest absolute Gasteiger partial charge is 0.337 e. The fourth-order valence-electron chi connectivity index (χ4n) is 1.68. The highest BCUT2D eigenvalue weighted by Gasteiger charge is 2.17. The maximum Gasteiger partial charge on any atom is 0.337 e. The number of benzene rings is 1. The van der Waals surface area contributed by atoms with E-state index in [9.17, 15) is 14.9 Å². The Morgan fingerprint density at radius 3 is 2.65 bits per heavy atom. The number of aromatic nitrogens is 2. The van der Waals surface area contributed by atoms with Gasteiger partial charge in [0, 0.05) is 24.1 Å². The van der Waals surface area contributed by atoms with Crippen molar-refractivity contribution in [2.75, 3.05) is 0 Å². The summed E-state index contributed by atoms with van der Waals surface area (Å²) in [7, 11) is 1.75. The van der Waals surface area contributed by atoms with Gasteiger partial charge in [0.05, 0.1) is 21.2 Å². The summed E-state index contributed by atoms with van der Waals surface area (Å²) in [5.41, 5.74) is 0.477. The van der Waals surface area contributed by atoms with E-state index in [1.807, 2.05) is 13.0 Å². The number of rotatable bonds is 4. The summed E-state index contributed by atoms with van der Waals surface area (Å²) in [5.74, 6) is -1.20. The zero-order chi connectivity index (χ0) is 14.9. The van der Waals surface area contributed by atoms with Crippen molar-refractivity contribution in [1.29, 1.82) is 0 Å². The first kappa shape index (κ1) is 14.1. The normalized spacial score (nSPS) is 10.5. The lowest BCUT2D eigenvalue weighted by Crippen LogP contribution is -2.01. The molecule has 0 aliphatic rings. The lowest BCUT2D eigenvalue weighted by molar-refractivity contribution is -0.384. The van der Waals surface area contributed by atoms with E-state index in [0.717, 1.165) is 16.8 Å². The molecule has 0 unspecified atom stereocenters. The summed E-state index contributed by atoms with van der Waals surface area (Å²) in [4.78, 5) is 21.7. The maximum atomic E-state index is 11.2. The van der Waals surface area contributed by atoms with Crippen LogP contribution in [0.1, 0.15) is 16.1 Å². The van der Waals surface area contributed by atoms with Crippen molar-refractivity contribution in [1.82, 2.24) is 9.78 Å². The molecule has 0 atom stereocenters. The Morgan fingerprint density at radius 2 is 2.15 bits per heavy atom. The molecule has 0 spiro atoms. The fourth-order valence-corrected chi connectivity index (χ4v) is 2.70. The second-order valence-corrected chi connectivity index (χ2v) is 5.15. The highest BCUT2D eigenvalue weighted by molar-refractivity contribution is 7.99. The Labute approximate surface area is 118 Å². The Hall–Kier alpha value is -2.35. The molecule has 1 aromatic carbocycles. The topological polar surface area (TPSA) is 98.3 Å². The summed E-state index contributed by atoms with van der Waals surface area (Å²) >= 11 is 1.21. The van der Waals surface area contributed by atoms with Crippen molar-refractivity contribution in [2.24, 2.45) is 7.05 Å². The summed E-state index contributed by atoms with van der Waals surface area (Å²) in [6.07, 6.45) is 0. The molecule has 2 aromatic rings. The second-order valence-electron chi connectivity index (χ2n) is 4.09. The number of carboxylic acids is 1. The van der Waals surface area contributed by atoms with E-state index in [0.29, 0.717) is 4.90 Å². The van der Waals surface area contributed by atoms with E-state index in [-0.39, 0.29) is 11.3 Å². The van der Waals surface area contributed by atoms with E-state index >= 15 is 0 Å². The predicted octanol–water partition coefficient (Wildman–Crippen LogP) is 2.49. The van der Waals surface area contributed by atoms with Gasteiger partial charge in [0.15, 0.2) is 0 Å². The third-order valence-corrected chi connectivity index (χ3v) is 3.75. The van der Waals surface area contributed by atoms with Crippen LogP contribution in [0.3, 0.4) is 0 Å². The van der Waals surface area contributed by atoms with E-state index in [1.54, 1.807) is 11.7 Å². The van der Waals surface area contributed by atoms with Gasteiger partial charge in [-0.25, -0.2) is 4.79 Å². The Kier molecular flexibility index (Phi) is 3.75. The van der Waals surface area contributed by atoms with Gasteiger partial charge in [-0.3, -0.25) is 14.8 Å². The molecule has 104 valence electrons. The number of hydrogen-bond donors (Lipinski definition) is 1. The third kappa shape index (κ3) is 2.80. The molecule has 0 saturated carbocycles. The Bertz CT molecular complexity index is 696. The summed E-state index contributed by atoms with van der Waals surface area (Å²) in [5, 5.41) is 24.8. The molecule has 1 heterocycles. The van der Waals surface area contributed by atoms with Crippen molar-refractivity contribution in [3.05, 3.63) is 45.6 Å². The van der Waals surface area contributed by atoms with E-state index < -0.39 is 10.9 Å². The molecule has 0 bridgehead atoms. The molecule has 0 aliphatic carbocycles. The predicted molar refractivity (Wildman–Crippen MR) is 72.1 cm³/mol. The molecule has 0 saturated heterocycles. The van der Waals surface area contributed by atoms with Crippen molar-refractivity contribution in [3.63, 3.8) is 0 Å². The molecule has 1 aromatic heterocycles. The minimum atomic E-state index is -1.20. The van der Waals surface area contributed by atoms with Crippen molar-refractivity contribution < 1.29 is 14.8 Å². The summed E-state index contributed by atoms with van der Waals surface area (Å²) in [6, 6.07) is 5.61. The molecular weight excluding hydrogens is 282 g/mol. The standard InChI is InChI=1S/C12H11N3O4S/c1-7-5-11(14(2)13-7)20-10-4-3-8(15(18)19)6-9(10)12(16)17/h3-6H,1-2H3,(H,16,17). The molecule has 2 rings (SSSR count). The van der Waals surface area contributed by atoms with Crippen LogP contribution in [0.2, 0.25) is 0 Å². The van der Waals surface area contributed by atoms with Gasteiger partial charge in [-0.05, 0) is 19.1 Å². The number of nitro groups is 1. The van der Waals surface area contributed by atoms with Gasteiger partial charge < -0.3 is 5.11 Å². The quantitative estimate of drug-likeness (QED) is 0.687. The van der Waals surface area contributed by atoms with Gasteiger partial charge in [-0.1, -0.05) is 11.8 Å². The number of carboxylic acid groups (broad SMARTS) is 1. The van der Waals surface area contributed by atoms with Crippen molar-refractivity contribution in [3.8, 4) is 0 Å². The number of hydrogen-bond acceptors (Lipinski definition) is 5. The highest BCUT2D eigenvalue weighted by Crippen LogP contribution is 2.32. The lowest BCUT2D eigenvalue weighted by Gasteiger charge is -2.05. The first-order valence-electron chi connectivity index (χ1n) is 5.58. The highest BCUT2D eigenvalue weighted by atomic mass is 32.2. The lowest BCUT2D eigenvalue weighted by atomic mass is 10.2. The van der Waals surface area contributed by atoms with Crippen LogP contribution in [0.5, 0.6) is 0 Å². The number of nitrogens with zero attached hydrogens (tertiary/aromatic N) is 3. The van der Waals surface area contributed by atoms with Gasteiger partial charge >= 0.3 is 5.97 Å². The van der Waals surface area contributed by atoms with Crippen LogP contribution in [0.15, 0.2) is 34.2 Å². The molecular formula is C12H11N3O4S. The average molecular weight is 293 g/mol. The maximum absolute atomic E-state index is 11.2. The largest absolute Gasteiger partial charge is 0.478 e. The number of aromatic carboxylic acids is 1. The number of non-ortho nitro benzene ring substituents is 1. The van der Waals surface area contributed by atoms with Crippen molar-refractivity contribution >= 4 is 23.4 Å². The first-order valence-corrected chi connectivity index (χ1v) is 6.40. The van der Waals surface area contributed by atoms with Crippen LogP contribution in [0, 0.1) is 17.0 Å². The van der Waals surface area contributed by atoms with Crippen LogP contribution in [-0.2, 0) is 7.05 Å². The number of carbonyl (C=O) groups is 1. The summed E-state index contributed by atoms with van der Waals surface area (Å²) in [6.45, 7) is 1.83. The fraction of sp³-hybridized carbons (Fsp3) is 0.167. The zero-order valence-corrected chi connectivity index (χ0v) is 11.5. The average Bonchev–Trinajstić information content (AvgIpc) is 2.67. The zero-order valence-electron chi connectivity index (χ0n) is 10.7. The molecule has 20 heavy (non-hydrogen) atoms. The van der Waals surface area contributed by atoms with Gasteiger partial charge in [-0.15, -0.1) is 0 Å². The number of nitro benzene ring substituents is 1. The Balaban J connectivity index is 2.43. The van der Waals surface area contributed by atoms with Crippen LogP contribution >= 0.6 is 11.8 Å². The molecule has 7 nitrogen and oxygen atoms in total. The first-order chi connectivity index (χ1) is 9.38. The molecule has 0 fully saturated rings. The Morgan fingerprint density at radius 1 is 1.45 bits per heavy atom.